The lowest BCUT2D eigenvalue weighted by atomic mass is 9.67. The number of fused-ring (bicyclic) bond motifs is 2. The molecule has 0 bridgehead atoms. The molecule has 1 aromatic carbocycles. The van der Waals surface area contributed by atoms with Crippen LogP contribution >= 0.6 is 0 Å². The molecular formula is C18H18N2O6. The Hall–Kier alpha value is -3.29. The summed E-state index contributed by atoms with van der Waals surface area (Å²) in [7, 11) is 1.20. The van der Waals surface area contributed by atoms with E-state index in [9.17, 15) is 14.4 Å². The fourth-order valence-corrected chi connectivity index (χ4v) is 3.44. The van der Waals surface area contributed by atoms with Crippen molar-refractivity contribution in [3.63, 3.8) is 0 Å². The van der Waals surface area contributed by atoms with Crippen LogP contribution in [0, 0.1) is 0 Å². The number of carbonyl (C=O) groups is 3. The molecule has 0 unspecified atom stereocenters. The Bertz CT molecular complexity index is 885. The number of carbonyl (C=O) groups excluding carboxylic acids is 3. The van der Waals surface area contributed by atoms with Gasteiger partial charge in [0.15, 0.2) is 0 Å². The zero-order valence-electron chi connectivity index (χ0n) is 14.5. The largest absolute Gasteiger partial charge is 0.466 e. The molecule has 1 atom stereocenters. The van der Waals surface area contributed by atoms with Crippen LogP contribution in [0.4, 0.5) is 0 Å². The molecule has 8 heteroatoms. The second-order valence-corrected chi connectivity index (χ2v) is 5.75. The molecule has 1 aromatic rings. The van der Waals surface area contributed by atoms with Crippen molar-refractivity contribution in [1.82, 2.24) is 5.32 Å². The number of hydrogen-bond acceptors (Lipinski definition) is 7. The summed E-state index contributed by atoms with van der Waals surface area (Å²) >= 11 is 0. The number of para-hydroxylation sites is 1. The van der Waals surface area contributed by atoms with Gasteiger partial charge in [0.25, 0.3) is 0 Å². The molecular weight excluding hydrogens is 340 g/mol. The number of allylic oxidation sites excluding steroid dienone is 1. The highest BCUT2D eigenvalue weighted by Crippen LogP contribution is 2.51. The molecule has 1 amide bonds. The molecule has 26 heavy (non-hydrogen) atoms. The molecule has 8 nitrogen and oxygen atoms in total. The van der Waals surface area contributed by atoms with E-state index in [2.05, 4.69) is 5.32 Å². The highest BCUT2D eigenvalue weighted by atomic mass is 16.5. The van der Waals surface area contributed by atoms with Gasteiger partial charge in [0.2, 0.25) is 11.8 Å². The van der Waals surface area contributed by atoms with Gasteiger partial charge < -0.3 is 25.3 Å². The van der Waals surface area contributed by atoms with Gasteiger partial charge >= 0.3 is 11.9 Å². The highest BCUT2D eigenvalue weighted by molar-refractivity contribution is 6.17. The number of nitrogens with two attached hydrogens (primary N) is 1. The zero-order valence-corrected chi connectivity index (χ0v) is 14.5. The minimum Gasteiger partial charge on any atom is -0.466 e. The summed E-state index contributed by atoms with van der Waals surface area (Å²) < 4.78 is 15.5. The van der Waals surface area contributed by atoms with Crippen molar-refractivity contribution < 1.29 is 28.6 Å². The summed E-state index contributed by atoms with van der Waals surface area (Å²) in [4.78, 5) is 38.4. The third kappa shape index (κ3) is 2.18. The second-order valence-electron chi connectivity index (χ2n) is 5.75. The SMILES string of the molecule is CCOC(=O)C1=C(N)Oc2ccccc2[C@@]12C(=O)NC(C)=C2C(=O)OC. The molecule has 0 radical (unpaired) electrons. The van der Waals surface area contributed by atoms with Crippen LogP contribution in [0.1, 0.15) is 19.4 Å². The number of ether oxygens (including phenoxy) is 3. The Balaban J connectivity index is 2.41. The summed E-state index contributed by atoms with van der Waals surface area (Å²) in [5, 5.41) is 2.62. The van der Waals surface area contributed by atoms with Gasteiger partial charge in [-0.25, -0.2) is 9.59 Å². The first-order valence-corrected chi connectivity index (χ1v) is 7.95. The smallest absolute Gasteiger partial charge is 0.341 e. The first-order chi connectivity index (χ1) is 12.4. The van der Waals surface area contributed by atoms with Crippen LogP contribution in [0.15, 0.2) is 47.0 Å². The number of nitrogens with one attached hydrogen (secondary N) is 1. The van der Waals surface area contributed by atoms with E-state index in [1.807, 2.05) is 0 Å². The summed E-state index contributed by atoms with van der Waals surface area (Å²) in [5.41, 5.74) is 4.51. The van der Waals surface area contributed by atoms with Gasteiger partial charge in [0.1, 0.15) is 16.7 Å². The van der Waals surface area contributed by atoms with Crippen LogP contribution < -0.4 is 15.8 Å². The monoisotopic (exact) mass is 358 g/mol. The average Bonchev–Trinajstić information content (AvgIpc) is 2.85. The number of rotatable bonds is 3. The number of amides is 1. The second kappa shape index (κ2) is 6.21. The van der Waals surface area contributed by atoms with Gasteiger partial charge in [-0.1, -0.05) is 18.2 Å². The van der Waals surface area contributed by atoms with E-state index in [0.29, 0.717) is 5.56 Å². The van der Waals surface area contributed by atoms with E-state index in [0.717, 1.165) is 0 Å². The maximum absolute atomic E-state index is 13.1. The van der Waals surface area contributed by atoms with E-state index < -0.39 is 23.3 Å². The maximum atomic E-state index is 13.1. The molecule has 3 rings (SSSR count). The summed E-state index contributed by atoms with van der Waals surface area (Å²) in [6.45, 7) is 3.23. The van der Waals surface area contributed by atoms with Gasteiger partial charge in [0.05, 0.1) is 19.3 Å². The molecule has 2 heterocycles. The Morgan fingerprint density at radius 3 is 2.58 bits per heavy atom. The Labute approximate surface area is 149 Å². The predicted octanol–water partition coefficient (Wildman–Crippen LogP) is 0.627. The van der Waals surface area contributed by atoms with Gasteiger partial charge in [0, 0.05) is 11.3 Å². The van der Waals surface area contributed by atoms with Crippen LogP contribution in [-0.2, 0) is 29.3 Å². The van der Waals surface area contributed by atoms with E-state index in [-0.39, 0.29) is 35.1 Å². The first-order valence-electron chi connectivity index (χ1n) is 7.95. The van der Waals surface area contributed by atoms with Crippen molar-refractivity contribution >= 4 is 17.8 Å². The fourth-order valence-electron chi connectivity index (χ4n) is 3.44. The normalized spacial score (nSPS) is 21.3. The van der Waals surface area contributed by atoms with Crippen LogP contribution in [0.2, 0.25) is 0 Å². The highest BCUT2D eigenvalue weighted by Gasteiger charge is 2.61. The van der Waals surface area contributed by atoms with Crippen molar-refractivity contribution in [2.75, 3.05) is 13.7 Å². The van der Waals surface area contributed by atoms with Crippen LogP contribution in [0.25, 0.3) is 0 Å². The molecule has 1 spiro atoms. The molecule has 2 aliphatic rings. The standard InChI is InChI=1S/C18H18N2O6/c1-4-25-16(22)13-14(19)26-11-8-6-5-7-10(11)18(13)12(15(21)24-3)9(2)20-17(18)23/h5-8H,4,19H2,1-3H3,(H,20,23)/t18-/m0/s1. The van der Waals surface area contributed by atoms with Crippen molar-refractivity contribution in [3.8, 4) is 5.75 Å². The molecule has 0 saturated heterocycles. The van der Waals surface area contributed by atoms with E-state index in [1.54, 1.807) is 38.1 Å². The third-order valence-electron chi connectivity index (χ3n) is 4.39. The van der Waals surface area contributed by atoms with Crippen LogP contribution in [0.3, 0.4) is 0 Å². The lowest BCUT2D eigenvalue weighted by molar-refractivity contribution is -0.142. The number of hydrogen-bond donors (Lipinski definition) is 2. The number of benzene rings is 1. The average molecular weight is 358 g/mol. The van der Waals surface area contributed by atoms with E-state index >= 15 is 0 Å². The van der Waals surface area contributed by atoms with E-state index in [1.165, 1.54) is 7.11 Å². The zero-order chi connectivity index (χ0) is 19.1. The van der Waals surface area contributed by atoms with Crippen LogP contribution in [0.5, 0.6) is 5.75 Å². The molecule has 0 fully saturated rings. The van der Waals surface area contributed by atoms with Crippen molar-refractivity contribution in [3.05, 3.63) is 52.6 Å². The van der Waals surface area contributed by atoms with E-state index in [4.69, 9.17) is 19.9 Å². The lowest BCUT2D eigenvalue weighted by Crippen LogP contribution is -2.49. The third-order valence-corrected chi connectivity index (χ3v) is 4.39. The summed E-state index contributed by atoms with van der Waals surface area (Å²) in [6.07, 6.45) is 0. The molecule has 3 N–H and O–H groups in total. The molecule has 0 aliphatic carbocycles. The van der Waals surface area contributed by atoms with Crippen LogP contribution in [-0.4, -0.2) is 31.6 Å². The quantitative estimate of drug-likeness (QED) is 0.761. The van der Waals surface area contributed by atoms with Gasteiger partial charge in [-0.2, -0.15) is 0 Å². The predicted molar refractivity (Wildman–Crippen MR) is 89.5 cm³/mol. The minimum atomic E-state index is -1.80. The molecule has 0 aromatic heterocycles. The van der Waals surface area contributed by atoms with Crippen molar-refractivity contribution in [1.29, 1.82) is 0 Å². The lowest BCUT2D eigenvalue weighted by Gasteiger charge is -2.35. The van der Waals surface area contributed by atoms with Crippen molar-refractivity contribution in [2.24, 2.45) is 5.73 Å². The Morgan fingerprint density at radius 1 is 1.23 bits per heavy atom. The number of methoxy groups -OCH3 is 1. The minimum absolute atomic E-state index is 0.0215. The summed E-state index contributed by atoms with van der Waals surface area (Å²) in [6, 6.07) is 6.56. The number of esters is 2. The molecule has 136 valence electrons. The fraction of sp³-hybridized carbons (Fsp3) is 0.278. The summed E-state index contributed by atoms with van der Waals surface area (Å²) in [5.74, 6) is -2.23. The van der Waals surface area contributed by atoms with Gasteiger partial charge in [-0.15, -0.1) is 0 Å². The Morgan fingerprint density at radius 2 is 1.92 bits per heavy atom. The van der Waals surface area contributed by atoms with Gasteiger partial charge in [-0.05, 0) is 19.9 Å². The topological polar surface area (TPSA) is 117 Å². The van der Waals surface area contributed by atoms with Crippen molar-refractivity contribution in [2.45, 2.75) is 19.3 Å². The first kappa shape index (κ1) is 17.5. The molecule has 2 aliphatic heterocycles. The molecule has 0 saturated carbocycles. The Kier molecular flexibility index (Phi) is 4.19. The van der Waals surface area contributed by atoms with Gasteiger partial charge in [-0.3, -0.25) is 4.79 Å². The maximum Gasteiger partial charge on any atom is 0.341 e.